The van der Waals surface area contributed by atoms with Crippen LogP contribution in [0.5, 0.6) is 0 Å². The molecule has 6 heteroatoms. The van der Waals surface area contributed by atoms with Gasteiger partial charge in [-0.05, 0) is 18.8 Å². The second-order valence-electron chi connectivity index (χ2n) is 3.99. The zero-order valence-corrected chi connectivity index (χ0v) is 10.3. The second kappa shape index (κ2) is 7.11. The predicted octanol–water partition coefficient (Wildman–Crippen LogP) is 0.654. The minimum absolute atomic E-state index is 0.00623. The zero-order chi connectivity index (χ0) is 12.7. The normalized spacial score (nSPS) is 16.7. The van der Waals surface area contributed by atoms with Crippen LogP contribution >= 0.6 is 0 Å². The number of methoxy groups -OCH3 is 2. The summed E-state index contributed by atoms with van der Waals surface area (Å²) in [5.74, 6) is 0.0255. The molecule has 1 heterocycles. The Hall–Kier alpha value is -1.30. The molecule has 0 N–H and O–H groups in total. The monoisotopic (exact) mass is 245 g/mol. The van der Waals surface area contributed by atoms with Crippen LogP contribution in [0.1, 0.15) is 12.8 Å². The Kier molecular flexibility index (Phi) is 5.76. The summed E-state index contributed by atoms with van der Waals surface area (Å²) >= 11 is 0. The number of esters is 1. The molecule has 17 heavy (non-hydrogen) atoms. The van der Waals surface area contributed by atoms with E-state index >= 15 is 0 Å². The number of piperidine rings is 1. The van der Waals surface area contributed by atoms with Gasteiger partial charge < -0.3 is 19.1 Å². The molecule has 1 fully saturated rings. The van der Waals surface area contributed by atoms with Gasteiger partial charge in [0.1, 0.15) is 6.61 Å². The maximum absolute atomic E-state index is 11.2. The molecule has 1 aliphatic heterocycles. The van der Waals surface area contributed by atoms with Crippen molar-refractivity contribution >= 4 is 12.1 Å². The van der Waals surface area contributed by atoms with E-state index in [1.807, 2.05) is 0 Å². The highest BCUT2D eigenvalue weighted by molar-refractivity contribution is 5.70. The van der Waals surface area contributed by atoms with Crippen molar-refractivity contribution in [1.82, 2.24) is 4.90 Å². The van der Waals surface area contributed by atoms with Crippen LogP contribution in [0.15, 0.2) is 0 Å². The van der Waals surface area contributed by atoms with Crippen LogP contribution in [0.25, 0.3) is 0 Å². The van der Waals surface area contributed by atoms with E-state index in [0.29, 0.717) is 25.6 Å². The Labute approximate surface area is 101 Å². The third-order valence-electron chi connectivity index (χ3n) is 2.85. The van der Waals surface area contributed by atoms with Crippen molar-refractivity contribution in [2.24, 2.45) is 5.92 Å². The first-order valence-electron chi connectivity index (χ1n) is 5.64. The van der Waals surface area contributed by atoms with Gasteiger partial charge >= 0.3 is 12.1 Å². The van der Waals surface area contributed by atoms with Crippen molar-refractivity contribution < 1.29 is 23.8 Å². The average molecular weight is 245 g/mol. The molecule has 1 rings (SSSR count). The van der Waals surface area contributed by atoms with Gasteiger partial charge in [-0.2, -0.15) is 0 Å². The quantitative estimate of drug-likeness (QED) is 0.680. The number of hydrogen-bond donors (Lipinski definition) is 0. The standard InChI is InChI=1S/C11H19NO5/c1-15-10(13)8-17-7-9-3-5-12(6-4-9)11(14)16-2/h9H,3-8H2,1-2H3. The fourth-order valence-electron chi connectivity index (χ4n) is 1.78. The summed E-state index contributed by atoms with van der Waals surface area (Å²) < 4.78 is 14.4. The van der Waals surface area contributed by atoms with Crippen LogP contribution < -0.4 is 0 Å². The molecule has 6 nitrogen and oxygen atoms in total. The van der Waals surface area contributed by atoms with Gasteiger partial charge in [-0.25, -0.2) is 9.59 Å². The van der Waals surface area contributed by atoms with Crippen LogP contribution in [0.4, 0.5) is 4.79 Å². The van der Waals surface area contributed by atoms with Gasteiger partial charge in [-0.3, -0.25) is 0 Å². The summed E-state index contributed by atoms with van der Waals surface area (Å²) in [5, 5.41) is 0. The number of rotatable bonds is 4. The average Bonchev–Trinajstić information content (AvgIpc) is 2.38. The number of nitrogens with zero attached hydrogens (tertiary/aromatic N) is 1. The van der Waals surface area contributed by atoms with Gasteiger partial charge in [-0.15, -0.1) is 0 Å². The van der Waals surface area contributed by atoms with Crippen molar-refractivity contribution in [3.05, 3.63) is 0 Å². The van der Waals surface area contributed by atoms with Crippen molar-refractivity contribution in [3.63, 3.8) is 0 Å². The number of carbonyl (C=O) groups excluding carboxylic acids is 2. The largest absolute Gasteiger partial charge is 0.467 e. The van der Waals surface area contributed by atoms with E-state index in [1.165, 1.54) is 14.2 Å². The minimum atomic E-state index is -0.364. The van der Waals surface area contributed by atoms with Gasteiger partial charge in [-0.1, -0.05) is 0 Å². The molecule has 0 atom stereocenters. The fraction of sp³-hybridized carbons (Fsp3) is 0.818. The van der Waals surface area contributed by atoms with E-state index in [4.69, 9.17) is 4.74 Å². The molecule has 0 radical (unpaired) electrons. The molecule has 0 aliphatic carbocycles. The smallest absolute Gasteiger partial charge is 0.409 e. The molecule has 0 aromatic carbocycles. The van der Waals surface area contributed by atoms with Gasteiger partial charge in [0.25, 0.3) is 0 Å². The van der Waals surface area contributed by atoms with Crippen molar-refractivity contribution in [2.45, 2.75) is 12.8 Å². The molecular weight excluding hydrogens is 226 g/mol. The predicted molar refractivity (Wildman–Crippen MR) is 59.5 cm³/mol. The van der Waals surface area contributed by atoms with Crippen LogP contribution in [0.3, 0.4) is 0 Å². The van der Waals surface area contributed by atoms with Gasteiger partial charge in [0.2, 0.25) is 0 Å². The van der Waals surface area contributed by atoms with Gasteiger partial charge in [0.15, 0.2) is 0 Å². The Bertz CT molecular complexity index is 258. The third kappa shape index (κ3) is 4.60. The molecule has 0 bridgehead atoms. The highest BCUT2D eigenvalue weighted by Crippen LogP contribution is 2.17. The van der Waals surface area contributed by atoms with Crippen LogP contribution in [0, 0.1) is 5.92 Å². The first-order chi connectivity index (χ1) is 8.17. The Balaban J connectivity index is 2.15. The summed E-state index contributed by atoms with van der Waals surface area (Å²) in [4.78, 5) is 23.7. The van der Waals surface area contributed by atoms with E-state index in [9.17, 15) is 9.59 Å². The lowest BCUT2D eigenvalue weighted by atomic mass is 9.98. The SMILES string of the molecule is COC(=O)COCC1CCN(C(=O)OC)CC1. The molecule has 0 spiro atoms. The first-order valence-corrected chi connectivity index (χ1v) is 5.64. The minimum Gasteiger partial charge on any atom is -0.467 e. The fourth-order valence-corrected chi connectivity index (χ4v) is 1.78. The Morgan fingerprint density at radius 1 is 1.18 bits per heavy atom. The molecule has 98 valence electrons. The van der Waals surface area contributed by atoms with Crippen molar-refractivity contribution in [3.8, 4) is 0 Å². The summed E-state index contributed by atoms with van der Waals surface area (Å²) in [5.41, 5.74) is 0. The summed E-state index contributed by atoms with van der Waals surface area (Å²) in [7, 11) is 2.72. The van der Waals surface area contributed by atoms with Crippen molar-refractivity contribution in [1.29, 1.82) is 0 Å². The number of amides is 1. The van der Waals surface area contributed by atoms with Gasteiger partial charge in [0, 0.05) is 13.1 Å². The van der Waals surface area contributed by atoms with Crippen LogP contribution in [-0.2, 0) is 19.0 Å². The second-order valence-corrected chi connectivity index (χ2v) is 3.99. The van der Waals surface area contributed by atoms with E-state index in [-0.39, 0.29) is 18.7 Å². The molecule has 0 aromatic heterocycles. The molecule has 0 aromatic rings. The van der Waals surface area contributed by atoms with E-state index in [1.54, 1.807) is 4.90 Å². The Morgan fingerprint density at radius 3 is 2.35 bits per heavy atom. The first kappa shape index (κ1) is 13.8. The molecular formula is C11H19NO5. The van der Waals surface area contributed by atoms with E-state index in [2.05, 4.69) is 9.47 Å². The molecule has 1 saturated heterocycles. The number of ether oxygens (including phenoxy) is 3. The highest BCUT2D eigenvalue weighted by atomic mass is 16.6. The van der Waals surface area contributed by atoms with E-state index < -0.39 is 0 Å². The molecule has 0 unspecified atom stereocenters. The lowest BCUT2D eigenvalue weighted by Gasteiger charge is -2.30. The number of carbonyl (C=O) groups is 2. The number of likely N-dealkylation sites (tertiary alicyclic amines) is 1. The topological polar surface area (TPSA) is 65.1 Å². The van der Waals surface area contributed by atoms with Gasteiger partial charge in [0.05, 0.1) is 20.8 Å². The Morgan fingerprint density at radius 2 is 1.82 bits per heavy atom. The zero-order valence-electron chi connectivity index (χ0n) is 10.3. The molecule has 0 saturated carbocycles. The van der Waals surface area contributed by atoms with Crippen LogP contribution in [-0.4, -0.2) is 57.5 Å². The van der Waals surface area contributed by atoms with E-state index in [0.717, 1.165) is 12.8 Å². The maximum Gasteiger partial charge on any atom is 0.409 e. The van der Waals surface area contributed by atoms with Crippen LogP contribution in [0.2, 0.25) is 0 Å². The summed E-state index contributed by atoms with van der Waals surface area (Å²) in [6.45, 7) is 1.88. The lowest BCUT2D eigenvalue weighted by Crippen LogP contribution is -2.39. The highest BCUT2D eigenvalue weighted by Gasteiger charge is 2.23. The molecule has 1 aliphatic rings. The summed E-state index contributed by atoms with van der Waals surface area (Å²) in [6, 6.07) is 0. The number of hydrogen-bond acceptors (Lipinski definition) is 5. The molecule has 1 amide bonds. The maximum atomic E-state index is 11.2. The third-order valence-corrected chi connectivity index (χ3v) is 2.85. The summed E-state index contributed by atoms with van der Waals surface area (Å²) in [6.07, 6.45) is 1.46. The van der Waals surface area contributed by atoms with Crippen molar-refractivity contribution in [2.75, 3.05) is 40.5 Å². The lowest BCUT2D eigenvalue weighted by molar-refractivity contribution is -0.146.